The zero-order valence-corrected chi connectivity index (χ0v) is 9.98. The minimum atomic E-state index is 0.379. The number of aryl methyl sites for hydroxylation is 1. The molecule has 1 aromatic rings. The zero-order chi connectivity index (χ0) is 11.7. The molecule has 1 aliphatic heterocycles. The first-order chi connectivity index (χ1) is 8.36. The van der Waals surface area contributed by atoms with E-state index in [1.54, 1.807) is 0 Å². The van der Waals surface area contributed by atoms with Crippen molar-refractivity contribution >= 4 is 6.21 Å². The molecule has 1 heteroatoms. The molecule has 0 N–H and O–H groups in total. The molecule has 17 heavy (non-hydrogen) atoms. The molecule has 84 valence electrons. The highest BCUT2D eigenvalue weighted by molar-refractivity contribution is 5.73. The summed E-state index contributed by atoms with van der Waals surface area (Å²) in [6.07, 6.45) is 7.99. The van der Waals surface area contributed by atoms with Crippen molar-refractivity contribution in [2.75, 3.05) is 0 Å². The summed E-state index contributed by atoms with van der Waals surface area (Å²) in [5.74, 6) is 0.379. The van der Waals surface area contributed by atoms with E-state index >= 15 is 0 Å². The van der Waals surface area contributed by atoms with Gasteiger partial charge in [0.2, 0.25) is 0 Å². The summed E-state index contributed by atoms with van der Waals surface area (Å²) in [4.78, 5) is 4.59. The van der Waals surface area contributed by atoms with Crippen LogP contribution in [0.15, 0.2) is 58.4 Å². The van der Waals surface area contributed by atoms with Gasteiger partial charge in [-0.25, -0.2) is 0 Å². The van der Waals surface area contributed by atoms with Crippen molar-refractivity contribution in [1.82, 2.24) is 0 Å². The average Bonchev–Trinajstić information content (AvgIpc) is 2.66. The Morgan fingerprint density at radius 2 is 2.12 bits per heavy atom. The summed E-state index contributed by atoms with van der Waals surface area (Å²) in [7, 11) is 0. The predicted octanol–water partition coefficient (Wildman–Crippen LogP) is 3.79. The van der Waals surface area contributed by atoms with E-state index in [9.17, 15) is 0 Å². The van der Waals surface area contributed by atoms with Crippen molar-refractivity contribution in [3.63, 3.8) is 0 Å². The monoisotopic (exact) mass is 221 g/mol. The first kappa shape index (κ1) is 10.3. The zero-order valence-electron chi connectivity index (χ0n) is 9.98. The van der Waals surface area contributed by atoms with Crippen LogP contribution in [-0.2, 0) is 6.42 Å². The summed E-state index contributed by atoms with van der Waals surface area (Å²) in [5, 5.41) is 0. The van der Waals surface area contributed by atoms with Gasteiger partial charge in [-0.05, 0) is 41.7 Å². The molecule has 0 saturated carbocycles. The second-order valence-electron chi connectivity index (χ2n) is 4.59. The Kier molecular flexibility index (Phi) is 2.55. The largest absolute Gasteiger partial charge is 0.260 e. The number of aliphatic imine (C=N–C) groups is 1. The van der Waals surface area contributed by atoms with Gasteiger partial charge >= 0.3 is 0 Å². The fraction of sp³-hybridized carbons (Fsp3) is 0.250. The predicted molar refractivity (Wildman–Crippen MR) is 71.3 cm³/mol. The molecule has 0 radical (unpaired) electrons. The third kappa shape index (κ3) is 1.79. The lowest BCUT2D eigenvalue weighted by Gasteiger charge is -2.14. The maximum atomic E-state index is 4.59. The standard InChI is InChI=1S/C16H15N/c1-12-15-8-3-2-6-13(15)9-10-14-7-4-5-11-17-16(12)14/h2-3,5-8,11-12H,9-10H2,1H3/t12-/m0/s1. The highest BCUT2D eigenvalue weighted by Crippen LogP contribution is 2.35. The highest BCUT2D eigenvalue weighted by Gasteiger charge is 2.21. The van der Waals surface area contributed by atoms with E-state index in [-0.39, 0.29) is 0 Å². The van der Waals surface area contributed by atoms with Crippen LogP contribution in [0.2, 0.25) is 0 Å². The molecule has 0 spiro atoms. The summed E-state index contributed by atoms with van der Waals surface area (Å²) in [6.45, 7) is 2.25. The van der Waals surface area contributed by atoms with E-state index in [2.05, 4.69) is 48.0 Å². The first-order valence-electron chi connectivity index (χ1n) is 6.12. The van der Waals surface area contributed by atoms with Crippen molar-refractivity contribution in [3.8, 4) is 0 Å². The third-order valence-corrected chi connectivity index (χ3v) is 3.57. The van der Waals surface area contributed by atoms with Crippen molar-refractivity contribution < 1.29 is 0 Å². The van der Waals surface area contributed by atoms with Crippen LogP contribution in [0.25, 0.3) is 0 Å². The summed E-state index contributed by atoms with van der Waals surface area (Å²) in [6, 6.07) is 8.71. The molecule has 1 nitrogen and oxygen atoms in total. The van der Waals surface area contributed by atoms with Gasteiger partial charge in [0.1, 0.15) is 0 Å². The smallest absolute Gasteiger partial charge is 0.0514 e. The van der Waals surface area contributed by atoms with Gasteiger partial charge in [0.25, 0.3) is 0 Å². The molecule has 2 aliphatic rings. The van der Waals surface area contributed by atoms with Gasteiger partial charge in [0, 0.05) is 12.1 Å². The number of hydrogen-bond donors (Lipinski definition) is 0. The number of hydrogen-bond acceptors (Lipinski definition) is 1. The van der Waals surface area contributed by atoms with Gasteiger partial charge in [-0.1, -0.05) is 31.2 Å². The van der Waals surface area contributed by atoms with Crippen LogP contribution in [0, 0.1) is 0 Å². The summed E-state index contributed by atoms with van der Waals surface area (Å²) in [5.41, 5.74) is 8.58. The fourth-order valence-corrected chi connectivity index (χ4v) is 2.66. The van der Waals surface area contributed by atoms with Gasteiger partial charge in [0.05, 0.1) is 5.70 Å². The van der Waals surface area contributed by atoms with Crippen molar-refractivity contribution in [2.45, 2.75) is 25.7 Å². The molecule has 0 saturated heterocycles. The van der Waals surface area contributed by atoms with Crippen LogP contribution in [0.3, 0.4) is 0 Å². The Bertz CT molecular complexity index is 569. The molecule has 0 amide bonds. The maximum Gasteiger partial charge on any atom is 0.0514 e. The first-order valence-corrected chi connectivity index (χ1v) is 6.12. The third-order valence-electron chi connectivity index (χ3n) is 3.57. The minimum Gasteiger partial charge on any atom is -0.260 e. The van der Waals surface area contributed by atoms with Gasteiger partial charge in [0.15, 0.2) is 0 Å². The number of benzene rings is 1. The molecule has 0 unspecified atom stereocenters. The summed E-state index contributed by atoms with van der Waals surface area (Å²) < 4.78 is 0. The highest BCUT2D eigenvalue weighted by atomic mass is 14.7. The van der Waals surface area contributed by atoms with Crippen LogP contribution in [0.4, 0.5) is 0 Å². The molecular weight excluding hydrogens is 206 g/mol. The van der Waals surface area contributed by atoms with Crippen LogP contribution in [0.5, 0.6) is 0 Å². The molecule has 0 bridgehead atoms. The second-order valence-corrected chi connectivity index (χ2v) is 4.59. The molecule has 1 aliphatic carbocycles. The van der Waals surface area contributed by atoms with Gasteiger partial charge in [-0.15, -0.1) is 5.73 Å². The molecule has 1 aromatic carbocycles. The van der Waals surface area contributed by atoms with Crippen molar-refractivity contribution in [1.29, 1.82) is 0 Å². The Balaban J connectivity index is 2.14. The van der Waals surface area contributed by atoms with E-state index in [0.29, 0.717) is 5.92 Å². The number of allylic oxidation sites excluding steroid dienone is 3. The van der Waals surface area contributed by atoms with E-state index in [1.807, 2.05) is 12.3 Å². The van der Waals surface area contributed by atoms with Crippen LogP contribution in [0.1, 0.15) is 30.4 Å². The Morgan fingerprint density at radius 3 is 3.06 bits per heavy atom. The molecular formula is C16H15N. The average molecular weight is 221 g/mol. The maximum absolute atomic E-state index is 4.59. The minimum absolute atomic E-state index is 0.379. The topological polar surface area (TPSA) is 12.4 Å². The summed E-state index contributed by atoms with van der Waals surface area (Å²) >= 11 is 0. The van der Waals surface area contributed by atoms with Crippen molar-refractivity contribution in [2.24, 2.45) is 4.99 Å². The lowest BCUT2D eigenvalue weighted by atomic mass is 9.93. The molecule has 0 aromatic heterocycles. The van der Waals surface area contributed by atoms with Crippen molar-refractivity contribution in [3.05, 3.63) is 64.5 Å². The van der Waals surface area contributed by atoms with Gasteiger partial charge in [-0.2, -0.15) is 0 Å². The van der Waals surface area contributed by atoms with E-state index in [0.717, 1.165) is 12.8 Å². The van der Waals surface area contributed by atoms with E-state index in [4.69, 9.17) is 0 Å². The molecule has 3 rings (SSSR count). The molecule has 1 heterocycles. The fourth-order valence-electron chi connectivity index (χ4n) is 2.66. The number of nitrogens with zero attached hydrogens (tertiary/aromatic N) is 1. The van der Waals surface area contributed by atoms with Crippen LogP contribution >= 0.6 is 0 Å². The van der Waals surface area contributed by atoms with E-state index in [1.165, 1.54) is 22.4 Å². The SMILES string of the molecule is C[C@@H]1C2=C(C=C=CC=N2)CCc2ccccc21. The lowest BCUT2D eigenvalue weighted by Crippen LogP contribution is -1.99. The van der Waals surface area contributed by atoms with Crippen LogP contribution < -0.4 is 0 Å². The lowest BCUT2D eigenvalue weighted by molar-refractivity contribution is 0.870. The number of rotatable bonds is 0. The molecule has 1 atom stereocenters. The quantitative estimate of drug-likeness (QED) is 0.591. The Labute approximate surface area is 102 Å². The molecule has 0 fully saturated rings. The van der Waals surface area contributed by atoms with Gasteiger partial charge < -0.3 is 0 Å². The Morgan fingerprint density at radius 1 is 1.24 bits per heavy atom. The normalized spacial score (nSPS) is 21.8. The van der Waals surface area contributed by atoms with Crippen LogP contribution in [-0.4, -0.2) is 6.21 Å². The van der Waals surface area contributed by atoms with Gasteiger partial charge in [-0.3, -0.25) is 4.99 Å². The second kappa shape index (κ2) is 4.20. The number of fused-ring (bicyclic) bond motifs is 1. The Hall–Kier alpha value is -1.85. The van der Waals surface area contributed by atoms with E-state index < -0.39 is 0 Å².